The molecule has 0 bridgehead atoms. The number of aliphatic hydroxyl groups is 1. The monoisotopic (exact) mass is 475 g/mol. The van der Waals surface area contributed by atoms with Gasteiger partial charge >= 0.3 is 0 Å². The second-order valence-electron chi connectivity index (χ2n) is 9.26. The Balaban J connectivity index is 1.27. The van der Waals surface area contributed by atoms with Crippen molar-refractivity contribution in [3.63, 3.8) is 0 Å². The van der Waals surface area contributed by atoms with E-state index >= 15 is 0 Å². The summed E-state index contributed by atoms with van der Waals surface area (Å²) in [6.45, 7) is 4.73. The smallest absolute Gasteiger partial charge is 0.298 e. The number of anilines is 3. The van der Waals surface area contributed by atoms with Crippen molar-refractivity contribution in [3.8, 4) is 0 Å². The molecule has 1 saturated heterocycles. The lowest BCUT2D eigenvalue weighted by Crippen LogP contribution is -2.47. The van der Waals surface area contributed by atoms with E-state index in [1.54, 1.807) is 15.2 Å². The molecule has 11 nitrogen and oxygen atoms in total. The Hall–Kier alpha value is -3.57. The molecule has 1 aliphatic carbocycles. The molecular weight excluding hydrogens is 446 g/mol. The molecule has 11 heteroatoms. The zero-order valence-corrected chi connectivity index (χ0v) is 19.5. The average Bonchev–Trinajstić information content (AvgIpc) is 3.59. The summed E-state index contributed by atoms with van der Waals surface area (Å²) >= 11 is 0. The van der Waals surface area contributed by atoms with Crippen LogP contribution in [0.15, 0.2) is 41.6 Å². The van der Waals surface area contributed by atoms with Gasteiger partial charge in [0.2, 0.25) is 11.6 Å². The Kier molecular flexibility index (Phi) is 5.78. The summed E-state index contributed by atoms with van der Waals surface area (Å²) in [4.78, 5) is 27.2. The molecule has 182 valence electrons. The highest BCUT2D eigenvalue weighted by atomic mass is 16.3. The fourth-order valence-electron chi connectivity index (χ4n) is 5.29. The van der Waals surface area contributed by atoms with Crippen molar-refractivity contribution in [2.24, 2.45) is 0 Å². The molecule has 6 rings (SSSR count). The summed E-state index contributed by atoms with van der Waals surface area (Å²) < 4.78 is 3.46. The van der Waals surface area contributed by atoms with Crippen LogP contribution in [0.5, 0.6) is 0 Å². The maximum Gasteiger partial charge on any atom is 0.298 e. The van der Waals surface area contributed by atoms with E-state index < -0.39 is 0 Å². The van der Waals surface area contributed by atoms with Crippen LogP contribution < -0.4 is 15.8 Å². The van der Waals surface area contributed by atoms with Gasteiger partial charge in [0.15, 0.2) is 5.65 Å². The van der Waals surface area contributed by atoms with Crippen LogP contribution in [0.25, 0.3) is 16.8 Å². The van der Waals surface area contributed by atoms with Crippen LogP contribution in [0, 0.1) is 0 Å². The minimum Gasteiger partial charge on any atom is -0.395 e. The van der Waals surface area contributed by atoms with Gasteiger partial charge in [0.25, 0.3) is 5.56 Å². The van der Waals surface area contributed by atoms with E-state index in [-0.39, 0.29) is 18.2 Å². The van der Waals surface area contributed by atoms with Crippen LogP contribution in [0.4, 0.5) is 17.3 Å². The van der Waals surface area contributed by atoms with Gasteiger partial charge in [-0.1, -0.05) is 12.8 Å². The van der Waals surface area contributed by atoms with Crippen LogP contribution in [-0.4, -0.2) is 78.5 Å². The summed E-state index contributed by atoms with van der Waals surface area (Å²) in [5.74, 6) is 0.446. The topological polar surface area (TPSA) is 117 Å². The molecule has 0 radical (unpaired) electrons. The first-order valence-electron chi connectivity index (χ1n) is 12.3. The first-order chi connectivity index (χ1) is 17.2. The molecule has 1 saturated carbocycles. The minimum absolute atomic E-state index is 0.117. The number of fused-ring (bicyclic) bond motifs is 3. The van der Waals surface area contributed by atoms with Gasteiger partial charge in [-0.15, -0.1) is 10.2 Å². The second-order valence-corrected chi connectivity index (χ2v) is 9.26. The van der Waals surface area contributed by atoms with Gasteiger partial charge in [0.05, 0.1) is 12.8 Å². The van der Waals surface area contributed by atoms with Gasteiger partial charge in [0, 0.05) is 50.1 Å². The first-order valence-corrected chi connectivity index (χ1v) is 12.3. The molecule has 4 aromatic rings. The number of piperazine rings is 1. The van der Waals surface area contributed by atoms with E-state index in [1.807, 2.05) is 12.1 Å². The quantitative estimate of drug-likeness (QED) is 0.431. The Morgan fingerprint density at radius 2 is 1.80 bits per heavy atom. The molecule has 0 spiro atoms. The van der Waals surface area contributed by atoms with Crippen molar-refractivity contribution in [3.05, 3.63) is 47.1 Å². The normalized spacial score (nSPS) is 17.6. The van der Waals surface area contributed by atoms with Crippen LogP contribution in [0.2, 0.25) is 0 Å². The van der Waals surface area contributed by atoms with E-state index in [2.05, 4.69) is 42.4 Å². The molecule has 1 aliphatic heterocycles. The third-order valence-corrected chi connectivity index (χ3v) is 7.16. The van der Waals surface area contributed by atoms with Gasteiger partial charge in [-0.3, -0.25) is 18.7 Å². The summed E-state index contributed by atoms with van der Waals surface area (Å²) in [6.07, 6.45) is 7.40. The lowest BCUT2D eigenvalue weighted by molar-refractivity contribution is 0.189. The number of β-amino-alcohol motifs (C(OH)–C–C–N with tert-alkyl or cyclic N) is 1. The summed E-state index contributed by atoms with van der Waals surface area (Å²) in [7, 11) is 0. The predicted octanol–water partition coefficient (Wildman–Crippen LogP) is 1.81. The van der Waals surface area contributed by atoms with Crippen LogP contribution in [-0.2, 0) is 0 Å². The molecule has 3 aromatic heterocycles. The van der Waals surface area contributed by atoms with Crippen molar-refractivity contribution in [1.29, 1.82) is 0 Å². The van der Waals surface area contributed by atoms with Gasteiger partial charge in [-0.25, -0.2) is 4.98 Å². The molecule has 2 aliphatic rings. The number of hydrogen-bond donors (Lipinski definition) is 2. The fourth-order valence-corrected chi connectivity index (χ4v) is 5.29. The zero-order valence-electron chi connectivity index (χ0n) is 19.5. The van der Waals surface area contributed by atoms with E-state index in [0.29, 0.717) is 17.2 Å². The van der Waals surface area contributed by atoms with Crippen molar-refractivity contribution < 1.29 is 5.11 Å². The number of benzene rings is 1. The average molecular weight is 476 g/mol. The van der Waals surface area contributed by atoms with Crippen molar-refractivity contribution >= 4 is 34.1 Å². The Bertz CT molecular complexity index is 1380. The van der Waals surface area contributed by atoms with Gasteiger partial charge < -0.3 is 15.3 Å². The highest BCUT2D eigenvalue weighted by molar-refractivity contribution is 5.75. The molecule has 0 unspecified atom stereocenters. The SMILES string of the molecule is O=c1c2nncn2c2cnc(Nc3ccc(N4CCN(CCO)CC4)cc3)nc2n1C1CCCC1. The predicted molar refractivity (Wildman–Crippen MR) is 133 cm³/mol. The fraction of sp³-hybridized carbons (Fsp3) is 0.458. The highest BCUT2D eigenvalue weighted by Gasteiger charge is 2.24. The van der Waals surface area contributed by atoms with E-state index in [0.717, 1.165) is 69.6 Å². The number of nitrogens with one attached hydrogen (secondary N) is 1. The van der Waals surface area contributed by atoms with Crippen LogP contribution >= 0.6 is 0 Å². The third kappa shape index (κ3) is 4.10. The minimum atomic E-state index is -0.157. The molecule has 4 heterocycles. The van der Waals surface area contributed by atoms with E-state index in [1.165, 1.54) is 12.0 Å². The van der Waals surface area contributed by atoms with Crippen molar-refractivity contribution in [2.45, 2.75) is 31.7 Å². The Morgan fingerprint density at radius 3 is 2.54 bits per heavy atom. The number of aliphatic hydroxyl groups excluding tert-OH is 1. The largest absolute Gasteiger partial charge is 0.395 e. The standard InChI is InChI=1S/C24H29N9O2/c34-14-13-30-9-11-31(12-10-30)18-7-5-17(6-8-18)27-24-25-15-20-21(28-24)33(19-3-1-2-4-19)23(35)22-29-26-16-32(20)22/h5-8,15-16,19,34H,1-4,9-14H2,(H,25,27,28). The van der Waals surface area contributed by atoms with E-state index in [4.69, 9.17) is 10.1 Å². The lowest BCUT2D eigenvalue weighted by atomic mass is 10.2. The number of rotatable bonds is 6. The molecular formula is C24H29N9O2. The lowest BCUT2D eigenvalue weighted by Gasteiger charge is -2.35. The van der Waals surface area contributed by atoms with Gasteiger partial charge in [-0.2, -0.15) is 4.98 Å². The highest BCUT2D eigenvalue weighted by Crippen LogP contribution is 2.31. The number of aromatic nitrogens is 6. The van der Waals surface area contributed by atoms with Gasteiger partial charge in [-0.05, 0) is 37.1 Å². The maximum atomic E-state index is 13.2. The summed E-state index contributed by atoms with van der Waals surface area (Å²) in [5.41, 5.74) is 3.52. The molecule has 0 atom stereocenters. The number of hydrogen-bond acceptors (Lipinski definition) is 9. The van der Waals surface area contributed by atoms with E-state index in [9.17, 15) is 4.79 Å². The van der Waals surface area contributed by atoms with Crippen LogP contribution in [0.3, 0.4) is 0 Å². The summed E-state index contributed by atoms with van der Waals surface area (Å²) in [5, 5.41) is 20.4. The maximum absolute atomic E-state index is 13.2. The molecule has 2 fully saturated rings. The van der Waals surface area contributed by atoms with Crippen molar-refractivity contribution in [1.82, 2.24) is 34.0 Å². The number of nitrogens with zero attached hydrogens (tertiary/aromatic N) is 8. The third-order valence-electron chi connectivity index (χ3n) is 7.16. The van der Waals surface area contributed by atoms with Crippen molar-refractivity contribution in [2.75, 3.05) is 49.5 Å². The molecule has 35 heavy (non-hydrogen) atoms. The Labute approximate surface area is 202 Å². The molecule has 0 amide bonds. The second kappa shape index (κ2) is 9.23. The summed E-state index contributed by atoms with van der Waals surface area (Å²) in [6, 6.07) is 8.36. The molecule has 1 aromatic carbocycles. The van der Waals surface area contributed by atoms with Gasteiger partial charge in [0.1, 0.15) is 11.8 Å². The zero-order chi connectivity index (χ0) is 23.8. The first kappa shape index (κ1) is 21.9. The Morgan fingerprint density at radius 1 is 1.03 bits per heavy atom. The molecule has 2 N–H and O–H groups in total. The van der Waals surface area contributed by atoms with Crippen LogP contribution in [0.1, 0.15) is 31.7 Å².